The van der Waals surface area contributed by atoms with Crippen molar-refractivity contribution < 1.29 is 32.6 Å². The van der Waals surface area contributed by atoms with Gasteiger partial charge in [-0.25, -0.2) is 18.7 Å². The van der Waals surface area contributed by atoms with E-state index in [0.29, 0.717) is 11.4 Å². The lowest BCUT2D eigenvalue weighted by molar-refractivity contribution is -0.510. The third-order valence-corrected chi connectivity index (χ3v) is 7.11. The zero-order valence-corrected chi connectivity index (χ0v) is 19.4. The first kappa shape index (κ1) is 21.5. The van der Waals surface area contributed by atoms with E-state index in [1.165, 1.54) is 0 Å². The molecule has 0 radical (unpaired) electrons. The first-order valence-electron chi connectivity index (χ1n) is 9.72. The zero-order valence-electron chi connectivity index (χ0n) is 17.8. The lowest BCUT2D eigenvalue weighted by atomic mass is 10.3. The lowest BCUT2D eigenvalue weighted by Crippen LogP contribution is -2.28. The van der Waals surface area contributed by atoms with Gasteiger partial charge in [0.2, 0.25) is 0 Å². The summed E-state index contributed by atoms with van der Waals surface area (Å²) in [5, 5.41) is 3.85. The van der Waals surface area contributed by atoms with Crippen LogP contribution in [-0.4, -0.2) is 47.5 Å². The van der Waals surface area contributed by atoms with Crippen molar-refractivity contribution in [3.63, 3.8) is 0 Å². The van der Waals surface area contributed by atoms with Crippen molar-refractivity contribution in [3.05, 3.63) is 45.9 Å². The molecule has 0 amide bonds. The number of carbonyl (C=O) groups excluding carboxylic acids is 2. The van der Waals surface area contributed by atoms with Crippen molar-refractivity contribution in [1.82, 2.24) is 9.13 Å². The molecule has 0 saturated carbocycles. The summed E-state index contributed by atoms with van der Waals surface area (Å²) < 4.78 is 23.7. The predicted molar refractivity (Wildman–Crippen MR) is 114 cm³/mol. The highest BCUT2D eigenvalue weighted by Gasteiger charge is 2.29. The molecule has 11 heteroatoms. The summed E-state index contributed by atoms with van der Waals surface area (Å²) in [7, 11) is 3.84. The highest BCUT2D eigenvalue weighted by atomic mass is 32.1. The number of thiazole rings is 2. The topological polar surface area (TPSA) is 79.9 Å². The SMILES string of the molecule is Cc1c(C(=O)OCCOCCOC(=O)c2c(C)n(C)c3scc[n+]23)[n+]2ccsc2n1C. The van der Waals surface area contributed by atoms with Crippen LogP contribution in [0.25, 0.3) is 9.92 Å². The van der Waals surface area contributed by atoms with E-state index in [1.54, 1.807) is 22.7 Å². The van der Waals surface area contributed by atoms with E-state index in [2.05, 4.69) is 0 Å². The number of nitrogens with zero attached hydrogens (tertiary/aromatic N) is 4. The maximum absolute atomic E-state index is 12.5. The first-order valence-corrected chi connectivity index (χ1v) is 11.5. The van der Waals surface area contributed by atoms with Crippen LogP contribution in [-0.2, 0) is 28.3 Å². The number of aromatic nitrogens is 4. The largest absolute Gasteiger partial charge is 0.457 e. The molecule has 0 fully saturated rings. The standard InChI is InChI=1S/C20H24N4O5S2/c1-13-15(23-5-11-30-19(23)21(13)3)17(25)28-9-7-27-8-10-29-18(26)16-14(2)22(4)20-24(16)6-12-31-20/h5-6,11-12H,7-10H2,1-4H3/q+2. The average Bonchev–Trinajstić information content (AvgIpc) is 3.49. The van der Waals surface area contributed by atoms with E-state index in [1.807, 2.05) is 69.0 Å². The molecule has 0 N–H and O–H groups in total. The van der Waals surface area contributed by atoms with Crippen LogP contribution in [0.5, 0.6) is 0 Å². The Morgan fingerprint density at radius 1 is 0.806 bits per heavy atom. The summed E-state index contributed by atoms with van der Waals surface area (Å²) in [6.45, 7) is 4.46. The minimum absolute atomic E-state index is 0.122. The Bertz CT molecular complexity index is 1170. The van der Waals surface area contributed by atoms with E-state index in [-0.39, 0.29) is 26.4 Å². The van der Waals surface area contributed by atoms with Gasteiger partial charge in [-0.05, 0) is 0 Å². The molecule has 0 aliphatic heterocycles. The number of esters is 2. The number of fused-ring (bicyclic) bond motifs is 2. The number of imidazole rings is 2. The fraction of sp³-hybridized carbons (Fsp3) is 0.400. The maximum Gasteiger partial charge on any atom is 0.383 e. The second kappa shape index (κ2) is 8.77. The van der Waals surface area contributed by atoms with Gasteiger partial charge < -0.3 is 14.2 Å². The summed E-state index contributed by atoms with van der Waals surface area (Å²) >= 11 is 3.11. The Kier molecular flexibility index (Phi) is 6.08. The molecule has 4 heterocycles. The Morgan fingerprint density at radius 2 is 1.23 bits per heavy atom. The Morgan fingerprint density at radius 3 is 1.65 bits per heavy atom. The number of rotatable bonds is 8. The first-order chi connectivity index (χ1) is 14.9. The minimum atomic E-state index is -0.391. The summed E-state index contributed by atoms with van der Waals surface area (Å²) in [5.41, 5.74) is 2.73. The summed E-state index contributed by atoms with van der Waals surface area (Å²) in [6.07, 6.45) is 3.70. The normalized spacial score (nSPS) is 11.5. The highest BCUT2D eigenvalue weighted by molar-refractivity contribution is 7.14. The van der Waals surface area contributed by atoms with Crippen LogP contribution in [0.1, 0.15) is 32.4 Å². The molecule has 0 atom stereocenters. The van der Waals surface area contributed by atoms with Crippen LogP contribution in [0.15, 0.2) is 23.2 Å². The van der Waals surface area contributed by atoms with Gasteiger partial charge in [-0.15, -0.1) is 0 Å². The van der Waals surface area contributed by atoms with Crippen molar-refractivity contribution >= 4 is 44.5 Å². The molecule has 31 heavy (non-hydrogen) atoms. The van der Waals surface area contributed by atoms with Crippen LogP contribution < -0.4 is 8.80 Å². The van der Waals surface area contributed by atoms with E-state index in [9.17, 15) is 9.59 Å². The summed E-state index contributed by atoms with van der Waals surface area (Å²) in [5.74, 6) is -0.782. The van der Waals surface area contributed by atoms with Crippen molar-refractivity contribution in [2.45, 2.75) is 13.8 Å². The van der Waals surface area contributed by atoms with Crippen LogP contribution in [0.4, 0.5) is 0 Å². The molecule has 0 aliphatic rings. The fourth-order valence-electron chi connectivity index (χ4n) is 3.44. The van der Waals surface area contributed by atoms with Gasteiger partial charge in [0.25, 0.3) is 11.4 Å². The van der Waals surface area contributed by atoms with Gasteiger partial charge >= 0.3 is 21.9 Å². The Labute approximate surface area is 186 Å². The van der Waals surface area contributed by atoms with Gasteiger partial charge in [-0.1, -0.05) is 22.7 Å². The van der Waals surface area contributed by atoms with Crippen molar-refractivity contribution in [2.24, 2.45) is 14.1 Å². The van der Waals surface area contributed by atoms with Crippen LogP contribution in [0.3, 0.4) is 0 Å². The van der Waals surface area contributed by atoms with Gasteiger partial charge in [0.1, 0.15) is 25.6 Å². The fourth-order valence-corrected chi connectivity index (χ4v) is 5.17. The third kappa shape index (κ3) is 3.84. The number of ether oxygens (including phenoxy) is 3. The summed E-state index contributed by atoms with van der Waals surface area (Å²) in [6, 6.07) is 0. The number of hydrogen-bond donors (Lipinski definition) is 0. The van der Waals surface area contributed by atoms with Gasteiger partial charge in [-0.2, -0.15) is 8.80 Å². The Balaban J connectivity index is 1.21. The Hall–Kier alpha value is -2.76. The molecule has 0 saturated heterocycles. The maximum atomic E-state index is 12.5. The van der Waals surface area contributed by atoms with Gasteiger partial charge in [0, 0.05) is 24.6 Å². The van der Waals surface area contributed by atoms with E-state index in [4.69, 9.17) is 14.2 Å². The number of carbonyl (C=O) groups is 2. The van der Waals surface area contributed by atoms with Gasteiger partial charge in [0.05, 0.1) is 27.3 Å². The molecule has 0 bridgehead atoms. The smallest absolute Gasteiger partial charge is 0.383 e. The van der Waals surface area contributed by atoms with E-state index >= 15 is 0 Å². The van der Waals surface area contributed by atoms with E-state index < -0.39 is 11.9 Å². The molecule has 0 aromatic carbocycles. The van der Waals surface area contributed by atoms with Crippen LogP contribution >= 0.6 is 22.7 Å². The molecule has 0 unspecified atom stereocenters. The lowest BCUT2D eigenvalue weighted by Gasteiger charge is -2.06. The molecule has 4 rings (SSSR count). The number of hydrogen-bond acceptors (Lipinski definition) is 7. The molecule has 9 nitrogen and oxygen atoms in total. The van der Waals surface area contributed by atoms with E-state index in [0.717, 1.165) is 21.3 Å². The minimum Gasteiger partial charge on any atom is -0.457 e. The van der Waals surface area contributed by atoms with Crippen molar-refractivity contribution in [1.29, 1.82) is 0 Å². The summed E-state index contributed by atoms with van der Waals surface area (Å²) in [4.78, 5) is 26.9. The second-order valence-corrected chi connectivity index (χ2v) is 8.73. The molecular weight excluding hydrogens is 440 g/mol. The number of aryl methyl sites for hydroxylation is 2. The van der Waals surface area contributed by atoms with Gasteiger partial charge in [0.15, 0.2) is 11.4 Å². The highest BCUT2D eigenvalue weighted by Crippen LogP contribution is 2.15. The second-order valence-electron chi connectivity index (χ2n) is 6.98. The van der Waals surface area contributed by atoms with Crippen molar-refractivity contribution in [2.75, 3.05) is 26.4 Å². The molecule has 164 valence electrons. The molecular formula is C20H24N4O5S2+2. The zero-order chi connectivity index (χ0) is 22.1. The van der Waals surface area contributed by atoms with Crippen LogP contribution in [0.2, 0.25) is 0 Å². The van der Waals surface area contributed by atoms with Gasteiger partial charge in [-0.3, -0.25) is 0 Å². The molecule has 0 aliphatic carbocycles. The van der Waals surface area contributed by atoms with Crippen LogP contribution in [0, 0.1) is 13.8 Å². The molecule has 4 aromatic rings. The van der Waals surface area contributed by atoms with Crippen molar-refractivity contribution in [3.8, 4) is 0 Å². The molecule has 4 aromatic heterocycles. The monoisotopic (exact) mass is 464 g/mol. The predicted octanol–water partition coefficient (Wildman–Crippen LogP) is 1.61. The third-order valence-electron chi connectivity index (χ3n) is 5.23. The quantitative estimate of drug-likeness (QED) is 0.225. The average molecular weight is 465 g/mol. The molecule has 0 spiro atoms.